The molecule has 5 heteroatoms. The summed E-state index contributed by atoms with van der Waals surface area (Å²) in [6, 6.07) is 3.07. The molecule has 14 heavy (non-hydrogen) atoms. The lowest BCUT2D eigenvalue weighted by atomic mass is 10.1. The fraction of sp³-hybridized carbons (Fsp3) is 0.333. The zero-order chi connectivity index (χ0) is 10.3. The summed E-state index contributed by atoms with van der Waals surface area (Å²) < 4.78 is 0. The quantitative estimate of drug-likeness (QED) is 0.573. The van der Waals surface area contributed by atoms with Crippen LogP contribution in [0.4, 0.5) is 5.69 Å². The number of nitrogens with two attached hydrogens (primary N) is 1. The molecule has 0 bridgehead atoms. The maximum atomic E-state index is 10.6. The molecule has 0 unspecified atom stereocenters. The van der Waals surface area contributed by atoms with Crippen LogP contribution in [0.25, 0.3) is 0 Å². The molecule has 2 rings (SSSR count). The molecule has 0 amide bonds. The standard InChI is InChI=1S/C9H9ClN2O2/c10-7-3-5-1-2-8(11)6(5)4-9(7)12(13)14/h3-4,8H,1-2,11H2/t8-/m0/s1. The first-order valence-corrected chi connectivity index (χ1v) is 4.69. The zero-order valence-electron chi connectivity index (χ0n) is 7.37. The zero-order valence-corrected chi connectivity index (χ0v) is 8.12. The van der Waals surface area contributed by atoms with Gasteiger partial charge in [0, 0.05) is 12.1 Å². The lowest BCUT2D eigenvalue weighted by Gasteiger charge is -2.04. The lowest BCUT2D eigenvalue weighted by molar-refractivity contribution is -0.384. The fourth-order valence-corrected chi connectivity index (χ4v) is 2.04. The van der Waals surface area contributed by atoms with Gasteiger partial charge in [-0.15, -0.1) is 0 Å². The van der Waals surface area contributed by atoms with Gasteiger partial charge >= 0.3 is 0 Å². The van der Waals surface area contributed by atoms with Crippen molar-refractivity contribution in [2.45, 2.75) is 18.9 Å². The SMILES string of the molecule is N[C@H]1CCc2cc(Cl)c([N+](=O)[O-])cc21. The molecule has 0 saturated heterocycles. The highest BCUT2D eigenvalue weighted by Crippen LogP contribution is 2.36. The Balaban J connectivity index is 2.57. The summed E-state index contributed by atoms with van der Waals surface area (Å²) in [5, 5.41) is 10.8. The minimum absolute atomic E-state index is 0.0530. The van der Waals surface area contributed by atoms with Crippen LogP contribution in [0.5, 0.6) is 0 Å². The van der Waals surface area contributed by atoms with Crippen molar-refractivity contribution in [1.29, 1.82) is 0 Å². The lowest BCUT2D eigenvalue weighted by Crippen LogP contribution is -2.05. The monoisotopic (exact) mass is 212 g/mol. The first kappa shape index (κ1) is 9.43. The molecule has 0 saturated carbocycles. The minimum atomic E-state index is -0.479. The molecule has 0 radical (unpaired) electrons. The van der Waals surface area contributed by atoms with E-state index >= 15 is 0 Å². The summed E-state index contributed by atoms with van der Waals surface area (Å²) >= 11 is 5.77. The molecule has 0 aromatic heterocycles. The van der Waals surface area contributed by atoms with E-state index in [0.29, 0.717) is 0 Å². The van der Waals surface area contributed by atoms with Crippen LogP contribution in [-0.4, -0.2) is 4.92 Å². The van der Waals surface area contributed by atoms with Gasteiger partial charge in [0.15, 0.2) is 0 Å². The highest BCUT2D eigenvalue weighted by atomic mass is 35.5. The summed E-state index contributed by atoms with van der Waals surface area (Å²) in [6.07, 6.45) is 1.70. The molecule has 0 aliphatic heterocycles. The molecule has 74 valence electrons. The van der Waals surface area contributed by atoms with Crippen molar-refractivity contribution in [2.24, 2.45) is 5.73 Å². The number of nitrogens with zero attached hydrogens (tertiary/aromatic N) is 1. The smallest absolute Gasteiger partial charge is 0.288 e. The maximum absolute atomic E-state index is 10.6. The topological polar surface area (TPSA) is 69.2 Å². The number of nitro groups is 1. The normalized spacial score (nSPS) is 19.4. The molecule has 2 N–H and O–H groups in total. The summed E-state index contributed by atoms with van der Waals surface area (Å²) in [5.74, 6) is 0. The Labute approximate surface area is 85.8 Å². The fourth-order valence-electron chi connectivity index (χ4n) is 1.79. The molecule has 4 nitrogen and oxygen atoms in total. The van der Waals surface area contributed by atoms with Crippen LogP contribution >= 0.6 is 11.6 Å². The Morgan fingerprint density at radius 1 is 1.57 bits per heavy atom. The predicted molar refractivity (Wildman–Crippen MR) is 53.4 cm³/mol. The molecular weight excluding hydrogens is 204 g/mol. The number of hydrogen-bond acceptors (Lipinski definition) is 3. The number of benzene rings is 1. The Hall–Kier alpha value is -1.13. The van der Waals surface area contributed by atoms with E-state index in [1.165, 1.54) is 6.07 Å². The Morgan fingerprint density at radius 2 is 2.29 bits per heavy atom. The molecule has 1 atom stereocenters. The molecule has 0 spiro atoms. The summed E-state index contributed by atoms with van der Waals surface area (Å²) in [7, 11) is 0. The highest BCUT2D eigenvalue weighted by molar-refractivity contribution is 6.32. The number of halogens is 1. The first-order valence-electron chi connectivity index (χ1n) is 4.32. The Bertz CT molecular complexity index is 406. The molecule has 1 aromatic rings. The predicted octanol–water partition coefficient (Wildman–Crippen LogP) is 2.19. The van der Waals surface area contributed by atoms with Crippen LogP contribution in [0.1, 0.15) is 23.6 Å². The van der Waals surface area contributed by atoms with Crippen LogP contribution in [-0.2, 0) is 6.42 Å². The number of hydrogen-bond donors (Lipinski definition) is 1. The Morgan fingerprint density at radius 3 is 2.93 bits per heavy atom. The molecule has 1 aromatic carbocycles. The van der Waals surface area contributed by atoms with Crippen molar-refractivity contribution in [3.63, 3.8) is 0 Å². The molecular formula is C9H9ClN2O2. The van der Waals surface area contributed by atoms with Crippen molar-refractivity contribution < 1.29 is 4.92 Å². The third-order valence-corrected chi connectivity index (χ3v) is 2.83. The van der Waals surface area contributed by atoms with Crippen molar-refractivity contribution in [3.05, 3.63) is 38.4 Å². The van der Waals surface area contributed by atoms with Gasteiger partial charge in [0.05, 0.1) is 4.92 Å². The van der Waals surface area contributed by atoms with E-state index in [4.69, 9.17) is 17.3 Å². The van der Waals surface area contributed by atoms with Gasteiger partial charge in [-0.2, -0.15) is 0 Å². The van der Waals surface area contributed by atoms with Gasteiger partial charge in [0.2, 0.25) is 0 Å². The van der Waals surface area contributed by atoms with Gasteiger partial charge in [-0.05, 0) is 30.0 Å². The molecule has 1 aliphatic carbocycles. The second-order valence-electron chi connectivity index (χ2n) is 3.40. The van der Waals surface area contributed by atoms with Gasteiger partial charge in [-0.3, -0.25) is 10.1 Å². The van der Waals surface area contributed by atoms with Crippen LogP contribution < -0.4 is 5.73 Å². The second kappa shape index (κ2) is 3.22. The molecule has 1 aliphatic rings. The van der Waals surface area contributed by atoms with Crippen molar-refractivity contribution >= 4 is 17.3 Å². The van der Waals surface area contributed by atoms with Gasteiger partial charge in [0.25, 0.3) is 5.69 Å². The van der Waals surface area contributed by atoms with Crippen LogP contribution in [0.2, 0.25) is 5.02 Å². The van der Waals surface area contributed by atoms with Gasteiger partial charge in [-0.25, -0.2) is 0 Å². The highest BCUT2D eigenvalue weighted by Gasteiger charge is 2.24. The summed E-state index contributed by atoms with van der Waals surface area (Å²) in [6.45, 7) is 0. The van der Waals surface area contributed by atoms with E-state index in [2.05, 4.69) is 0 Å². The number of fused-ring (bicyclic) bond motifs is 1. The molecule has 0 fully saturated rings. The first-order chi connectivity index (χ1) is 6.59. The number of aryl methyl sites for hydroxylation is 1. The van der Waals surface area contributed by atoms with Crippen LogP contribution in [0.3, 0.4) is 0 Å². The van der Waals surface area contributed by atoms with Crippen molar-refractivity contribution in [1.82, 2.24) is 0 Å². The van der Waals surface area contributed by atoms with Crippen molar-refractivity contribution in [3.8, 4) is 0 Å². The average Bonchev–Trinajstić information content (AvgIpc) is 2.46. The van der Waals surface area contributed by atoms with Crippen LogP contribution in [0, 0.1) is 10.1 Å². The van der Waals surface area contributed by atoms with E-state index in [-0.39, 0.29) is 16.8 Å². The van der Waals surface area contributed by atoms with E-state index in [1.807, 2.05) is 0 Å². The van der Waals surface area contributed by atoms with E-state index < -0.39 is 4.92 Å². The second-order valence-corrected chi connectivity index (χ2v) is 3.81. The third-order valence-electron chi connectivity index (χ3n) is 2.53. The van der Waals surface area contributed by atoms with Gasteiger partial charge < -0.3 is 5.73 Å². The third kappa shape index (κ3) is 1.36. The largest absolute Gasteiger partial charge is 0.324 e. The number of nitro benzene ring substituents is 1. The van der Waals surface area contributed by atoms with Crippen LogP contribution in [0.15, 0.2) is 12.1 Å². The van der Waals surface area contributed by atoms with Crippen molar-refractivity contribution in [2.75, 3.05) is 0 Å². The van der Waals surface area contributed by atoms with E-state index in [0.717, 1.165) is 24.0 Å². The average molecular weight is 213 g/mol. The summed E-state index contributed by atoms with van der Waals surface area (Å²) in [5.41, 5.74) is 7.64. The maximum Gasteiger partial charge on any atom is 0.288 e. The van der Waals surface area contributed by atoms with E-state index in [1.54, 1.807) is 6.07 Å². The van der Waals surface area contributed by atoms with Gasteiger partial charge in [-0.1, -0.05) is 11.6 Å². The van der Waals surface area contributed by atoms with E-state index in [9.17, 15) is 10.1 Å². The minimum Gasteiger partial charge on any atom is -0.324 e. The summed E-state index contributed by atoms with van der Waals surface area (Å²) in [4.78, 5) is 10.1. The molecule has 0 heterocycles. The number of rotatable bonds is 1. The Kier molecular flexibility index (Phi) is 2.17. The van der Waals surface area contributed by atoms with Gasteiger partial charge in [0.1, 0.15) is 5.02 Å².